The van der Waals surface area contributed by atoms with E-state index >= 15 is 0 Å². The molecule has 0 radical (unpaired) electrons. The van der Waals surface area contributed by atoms with Gasteiger partial charge in [-0.25, -0.2) is 9.78 Å². The van der Waals surface area contributed by atoms with E-state index in [-0.39, 0.29) is 24.9 Å². The second kappa shape index (κ2) is 9.58. The SMILES string of the molecule is O=C(CCNC(=O)NCc1ccccc1)Nc1ccc2nc(N3CCCC3)sc2c1. The van der Waals surface area contributed by atoms with Gasteiger partial charge in [0, 0.05) is 38.3 Å². The highest BCUT2D eigenvalue weighted by molar-refractivity contribution is 7.22. The van der Waals surface area contributed by atoms with Crippen LogP contribution in [-0.2, 0) is 11.3 Å². The van der Waals surface area contributed by atoms with Crippen LogP contribution in [0.15, 0.2) is 48.5 Å². The van der Waals surface area contributed by atoms with E-state index in [1.54, 1.807) is 11.3 Å². The molecule has 3 N–H and O–H groups in total. The molecule has 2 aromatic carbocycles. The highest BCUT2D eigenvalue weighted by Crippen LogP contribution is 2.32. The molecule has 1 aliphatic heterocycles. The molecule has 0 unspecified atom stereocenters. The maximum absolute atomic E-state index is 12.2. The molecule has 3 aromatic rings. The molecule has 0 saturated carbocycles. The Morgan fingerprint density at radius 1 is 1.03 bits per heavy atom. The molecule has 0 spiro atoms. The van der Waals surface area contributed by atoms with Gasteiger partial charge in [0.1, 0.15) is 0 Å². The average molecular weight is 424 g/mol. The van der Waals surface area contributed by atoms with Crippen molar-refractivity contribution >= 4 is 44.3 Å². The Labute approximate surface area is 179 Å². The van der Waals surface area contributed by atoms with Crippen LogP contribution in [0.5, 0.6) is 0 Å². The number of nitrogens with one attached hydrogen (secondary N) is 3. The van der Waals surface area contributed by atoms with Crippen LogP contribution < -0.4 is 20.9 Å². The first kappa shape index (κ1) is 20.2. The molecule has 1 aromatic heterocycles. The van der Waals surface area contributed by atoms with E-state index in [2.05, 4.69) is 20.9 Å². The van der Waals surface area contributed by atoms with Gasteiger partial charge < -0.3 is 20.9 Å². The molecule has 3 amide bonds. The van der Waals surface area contributed by atoms with Crippen molar-refractivity contribution in [1.82, 2.24) is 15.6 Å². The molecular weight excluding hydrogens is 398 g/mol. The number of anilines is 2. The highest BCUT2D eigenvalue weighted by Gasteiger charge is 2.16. The number of urea groups is 1. The number of carbonyl (C=O) groups is 2. The second-order valence-corrected chi connectivity index (χ2v) is 8.28. The third-order valence-electron chi connectivity index (χ3n) is 4.97. The van der Waals surface area contributed by atoms with Gasteiger partial charge in [0.15, 0.2) is 5.13 Å². The molecular formula is C22H25N5O2S. The van der Waals surface area contributed by atoms with Crippen LogP contribution in [-0.4, -0.2) is 36.6 Å². The maximum Gasteiger partial charge on any atom is 0.315 e. The summed E-state index contributed by atoms with van der Waals surface area (Å²) in [5.74, 6) is -0.137. The minimum absolute atomic E-state index is 0.137. The molecule has 156 valence electrons. The Morgan fingerprint density at radius 2 is 1.83 bits per heavy atom. The lowest BCUT2D eigenvalue weighted by Gasteiger charge is -2.11. The maximum atomic E-state index is 12.2. The Kier molecular flexibility index (Phi) is 6.44. The van der Waals surface area contributed by atoms with E-state index in [0.717, 1.165) is 39.7 Å². The topological polar surface area (TPSA) is 86.4 Å². The molecule has 7 nitrogen and oxygen atoms in total. The molecule has 0 atom stereocenters. The van der Waals surface area contributed by atoms with Crippen LogP contribution in [0.2, 0.25) is 0 Å². The second-order valence-electron chi connectivity index (χ2n) is 7.27. The number of benzene rings is 2. The van der Waals surface area contributed by atoms with Gasteiger partial charge >= 0.3 is 6.03 Å². The summed E-state index contributed by atoms with van der Waals surface area (Å²) in [4.78, 5) is 31.1. The zero-order valence-corrected chi connectivity index (χ0v) is 17.5. The summed E-state index contributed by atoms with van der Waals surface area (Å²) in [5, 5.41) is 9.44. The van der Waals surface area contributed by atoms with E-state index in [1.807, 2.05) is 48.5 Å². The predicted octanol–water partition coefficient (Wildman–Crippen LogP) is 3.72. The number of rotatable bonds is 7. The Balaban J connectivity index is 1.22. The first-order valence-corrected chi connectivity index (χ1v) is 11.0. The zero-order valence-electron chi connectivity index (χ0n) is 16.7. The minimum atomic E-state index is -0.285. The summed E-state index contributed by atoms with van der Waals surface area (Å²) in [6, 6.07) is 15.2. The average Bonchev–Trinajstić information content (AvgIpc) is 3.42. The third-order valence-corrected chi connectivity index (χ3v) is 6.05. The summed E-state index contributed by atoms with van der Waals surface area (Å²) in [5.41, 5.74) is 2.73. The molecule has 30 heavy (non-hydrogen) atoms. The van der Waals surface area contributed by atoms with Crippen LogP contribution in [0.25, 0.3) is 10.2 Å². The smallest absolute Gasteiger partial charge is 0.315 e. The van der Waals surface area contributed by atoms with E-state index in [4.69, 9.17) is 4.98 Å². The summed E-state index contributed by atoms with van der Waals surface area (Å²) < 4.78 is 1.06. The van der Waals surface area contributed by atoms with Gasteiger partial charge in [-0.1, -0.05) is 41.7 Å². The summed E-state index contributed by atoms with van der Waals surface area (Å²) in [6.07, 6.45) is 2.64. The van der Waals surface area contributed by atoms with Crippen LogP contribution >= 0.6 is 11.3 Å². The van der Waals surface area contributed by atoms with Crippen molar-refractivity contribution in [3.05, 3.63) is 54.1 Å². The Bertz CT molecular complexity index is 1010. The van der Waals surface area contributed by atoms with Crippen molar-refractivity contribution in [2.75, 3.05) is 29.9 Å². The van der Waals surface area contributed by atoms with Gasteiger partial charge in [-0.2, -0.15) is 0 Å². The largest absolute Gasteiger partial charge is 0.348 e. The number of nitrogens with zero attached hydrogens (tertiary/aromatic N) is 2. The van der Waals surface area contributed by atoms with Gasteiger partial charge in [0.25, 0.3) is 0 Å². The fraction of sp³-hybridized carbons (Fsp3) is 0.318. The van der Waals surface area contributed by atoms with Crippen molar-refractivity contribution in [2.45, 2.75) is 25.8 Å². The molecule has 8 heteroatoms. The summed E-state index contributed by atoms with van der Waals surface area (Å²) in [6.45, 7) is 2.85. The van der Waals surface area contributed by atoms with Crippen molar-refractivity contribution in [2.24, 2.45) is 0 Å². The number of hydrogen-bond acceptors (Lipinski definition) is 5. The molecule has 4 rings (SSSR count). The fourth-order valence-corrected chi connectivity index (χ4v) is 4.44. The number of amides is 3. The zero-order chi connectivity index (χ0) is 20.8. The third kappa shape index (κ3) is 5.27. The highest BCUT2D eigenvalue weighted by atomic mass is 32.1. The Hall–Kier alpha value is -3.13. The van der Waals surface area contributed by atoms with Crippen molar-refractivity contribution < 1.29 is 9.59 Å². The molecule has 1 saturated heterocycles. The van der Waals surface area contributed by atoms with Gasteiger partial charge in [-0.3, -0.25) is 4.79 Å². The van der Waals surface area contributed by atoms with Gasteiger partial charge in [0.2, 0.25) is 5.91 Å². The number of fused-ring (bicyclic) bond motifs is 1. The monoisotopic (exact) mass is 423 g/mol. The van der Waals surface area contributed by atoms with E-state index in [0.29, 0.717) is 6.54 Å². The van der Waals surface area contributed by atoms with Crippen LogP contribution in [0.1, 0.15) is 24.8 Å². The summed E-state index contributed by atoms with van der Waals surface area (Å²) in [7, 11) is 0. The van der Waals surface area contributed by atoms with E-state index in [9.17, 15) is 9.59 Å². The van der Waals surface area contributed by atoms with Crippen molar-refractivity contribution in [1.29, 1.82) is 0 Å². The number of thiazole rings is 1. The molecule has 0 bridgehead atoms. The quantitative estimate of drug-likeness (QED) is 0.541. The van der Waals surface area contributed by atoms with Crippen LogP contribution in [0, 0.1) is 0 Å². The first-order chi connectivity index (χ1) is 14.7. The number of carbonyl (C=O) groups excluding carboxylic acids is 2. The first-order valence-electron chi connectivity index (χ1n) is 10.2. The Morgan fingerprint density at radius 3 is 2.63 bits per heavy atom. The summed E-state index contributed by atoms with van der Waals surface area (Å²) >= 11 is 1.66. The van der Waals surface area contributed by atoms with Crippen molar-refractivity contribution in [3.63, 3.8) is 0 Å². The molecule has 2 heterocycles. The molecule has 0 aliphatic carbocycles. The molecule has 1 fully saturated rings. The van der Waals surface area contributed by atoms with Gasteiger partial charge in [0.05, 0.1) is 10.2 Å². The lowest BCUT2D eigenvalue weighted by atomic mass is 10.2. The fourth-order valence-electron chi connectivity index (χ4n) is 3.39. The lowest BCUT2D eigenvalue weighted by molar-refractivity contribution is -0.116. The van der Waals surface area contributed by atoms with Gasteiger partial charge in [-0.05, 0) is 36.6 Å². The standard InChI is InChI=1S/C22H25N5O2S/c28-20(10-11-23-21(29)24-15-16-6-2-1-3-7-16)25-17-8-9-18-19(14-17)30-22(26-18)27-12-4-5-13-27/h1-3,6-9,14H,4-5,10-13,15H2,(H,25,28)(H2,23,24,29). The van der Waals surface area contributed by atoms with E-state index < -0.39 is 0 Å². The molecule has 1 aliphatic rings. The predicted molar refractivity (Wildman–Crippen MR) is 121 cm³/mol. The minimum Gasteiger partial charge on any atom is -0.348 e. The van der Waals surface area contributed by atoms with Crippen molar-refractivity contribution in [3.8, 4) is 0 Å². The number of hydrogen-bond donors (Lipinski definition) is 3. The van der Waals surface area contributed by atoms with Crippen LogP contribution in [0.3, 0.4) is 0 Å². The van der Waals surface area contributed by atoms with Gasteiger partial charge in [-0.15, -0.1) is 0 Å². The van der Waals surface area contributed by atoms with E-state index in [1.165, 1.54) is 12.8 Å². The lowest BCUT2D eigenvalue weighted by Crippen LogP contribution is -2.36. The van der Waals surface area contributed by atoms with Crippen LogP contribution in [0.4, 0.5) is 15.6 Å². The normalized spacial score (nSPS) is 13.4. The number of aromatic nitrogens is 1.